The van der Waals surface area contributed by atoms with Gasteiger partial charge in [0.15, 0.2) is 0 Å². The SMILES string of the molecule is CC1CN(CC(C)(C)C(C)O)CC1N(C)C. The van der Waals surface area contributed by atoms with Gasteiger partial charge in [-0.15, -0.1) is 0 Å². The van der Waals surface area contributed by atoms with Crippen molar-refractivity contribution < 1.29 is 5.11 Å². The third kappa shape index (κ3) is 3.19. The van der Waals surface area contributed by atoms with E-state index < -0.39 is 0 Å². The third-order valence-electron chi connectivity index (χ3n) is 4.07. The van der Waals surface area contributed by atoms with Crippen LogP contribution in [0.15, 0.2) is 0 Å². The van der Waals surface area contributed by atoms with E-state index in [0.717, 1.165) is 25.6 Å². The van der Waals surface area contributed by atoms with Gasteiger partial charge in [-0.2, -0.15) is 0 Å². The van der Waals surface area contributed by atoms with Gasteiger partial charge in [0.05, 0.1) is 6.10 Å². The van der Waals surface area contributed by atoms with Crippen molar-refractivity contribution in [2.24, 2.45) is 11.3 Å². The number of nitrogens with zero attached hydrogens (tertiary/aromatic N) is 2. The van der Waals surface area contributed by atoms with E-state index in [1.165, 1.54) is 0 Å². The summed E-state index contributed by atoms with van der Waals surface area (Å²) >= 11 is 0. The summed E-state index contributed by atoms with van der Waals surface area (Å²) in [5.74, 6) is 0.722. The van der Waals surface area contributed by atoms with Crippen LogP contribution in [0.3, 0.4) is 0 Å². The second-order valence-corrected chi connectivity index (χ2v) is 6.37. The number of aliphatic hydroxyl groups is 1. The molecule has 0 radical (unpaired) electrons. The Morgan fingerprint density at radius 2 is 1.94 bits per heavy atom. The number of hydrogen-bond donors (Lipinski definition) is 1. The molecule has 0 amide bonds. The van der Waals surface area contributed by atoms with E-state index in [0.29, 0.717) is 6.04 Å². The second-order valence-electron chi connectivity index (χ2n) is 6.37. The molecule has 0 spiro atoms. The molecule has 16 heavy (non-hydrogen) atoms. The number of hydrogen-bond acceptors (Lipinski definition) is 3. The van der Waals surface area contributed by atoms with E-state index >= 15 is 0 Å². The molecule has 3 heteroatoms. The third-order valence-corrected chi connectivity index (χ3v) is 4.07. The molecule has 1 fully saturated rings. The maximum absolute atomic E-state index is 9.74. The molecule has 0 bridgehead atoms. The van der Waals surface area contributed by atoms with E-state index in [-0.39, 0.29) is 11.5 Å². The molecule has 1 rings (SSSR count). The quantitative estimate of drug-likeness (QED) is 0.785. The highest BCUT2D eigenvalue weighted by Gasteiger charge is 2.35. The lowest BCUT2D eigenvalue weighted by molar-refractivity contribution is 0.0387. The Labute approximate surface area is 100 Å². The van der Waals surface area contributed by atoms with Crippen LogP contribution in [0, 0.1) is 11.3 Å². The van der Waals surface area contributed by atoms with Crippen molar-refractivity contribution in [1.82, 2.24) is 9.80 Å². The van der Waals surface area contributed by atoms with Crippen LogP contribution in [-0.2, 0) is 0 Å². The van der Waals surface area contributed by atoms with Crippen molar-refractivity contribution in [3.8, 4) is 0 Å². The first-order valence-corrected chi connectivity index (χ1v) is 6.31. The van der Waals surface area contributed by atoms with Gasteiger partial charge in [0.25, 0.3) is 0 Å². The van der Waals surface area contributed by atoms with Gasteiger partial charge < -0.3 is 14.9 Å². The van der Waals surface area contributed by atoms with Gasteiger partial charge in [-0.3, -0.25) is 0 Å². The van der Waals surface area contributed by atoms with Crippen LogP contribution in [0.5, 0.6) is 0 Å². The fourth-order valence-electron chi connectivity index (χ4n) is 2.56. The second kappa shape index (κ2) is 5.03. The Bertz CT molecular complexity index is 226. The summed E-state index contributed by atoms with van der Waals surface area (Å²) in [6.07, 6.45) is -0.249. The lowest BCUT2D eigenvalue weighted by Crippen LogP contribution is -2.40. The van der Waals surface area contributed by atoms with Gasteiger partial charge in [0.1, 0.15) is 0 Å². The molecular weight excluding hydrogens is 200 g/mol. The molecule has 0 saturated carbocycles. The zero-order valence-corrected chi connectivity index (χ0v) is 11.7. The minimum absolute atomic E-state index is 0.0130. The first kappa shape index (κ1) is 13.9. The van der Waals surface area contributed by atoms with Crippen LogP contribution < -0.4 is 0 Å². The van der Waals surface area contributed by atoms with Gasteiger partial charge in [0.2, 0.25) is 0 Å². The van der Waals surface area contributed by atoms with Gasteiger partial charge in [0, 0.05) is 31.1 Å². The molecule has 0 aromatic rings. The topological polar surface area (TPSA) is 26.7 Å². The molecule has 0 aliphatic carbocycles. The van der Waals surface area contributed by atoms with E-state index in [1.807, 2.05) is 6.92 Å². The zero-order valence-electron chi connectivity index (χ0n) is 11.7. The first-order valence-electron chi connectivity index (χ1n) is 6.31. The van der Waals surface area contributed by atoms with Crippen molar-refractivity contribution in [3.05, 3.63) is 0 Å². The van der Waals surface area contributed by atoms with Gasteiger partial charge in [-0.05, 0) is 26.9 Å². The Balaban J connectivity index is 2.53. The Hall–Kier alpha value is -0.120. The summed E-state index contributed by atoms with van der Waals surface area (Å²) in [6.45, 7) is 11.8. The molecule has 96 valence electrons. The van der Waals surface area contributed by atoms with Crippen LogP contribution in [0.4, 0.5) is 0 Å². The molecule has 1 aliphatic rings. The van der Waals surface area contributed by atoms with Gasteiger partial charge in [-0.1, -0.05) is 20.8 Å². The minimum atomic E-state index is -0.249. The van der Waals surface area contributed by atoms with E-state index in [2.05, 4.69) is 44.7 Å². The average molecular weight is 228 g/mol. The standard InChI is InChI=1S/C13H28N2O/c1-10-7-15(8-12(10)14(5)6)9-13(3,4)11(2)16/h10-12,16H,7-9H2,1-6H3. The van der Waals surface area contributed by atoms with Crippen LogP contribution in [0.25, 0.3) is 0 Å². The summed E-state index contributed by atoms with van der Waals surface area (Å²) in [5.41, 5.74) is -0.0130. The summed E-state index contributed by atoms with van der Waals surface area (Å²) in [4.78, 5) is 4.81. The summed E-state index contributed by atoms with van der Waals surface area (Å²) in [5, 5.41) is 9.74. The van der Waals surface area contributed by atoms with E-state index in [9.17, 15) is 5.11 Å². The first-order chi connectivity index (χ1) is 7.24. The molecule has 3 atom stereocenters. The molecular formula is C13H28N2O. The summed E-state index contributed by atoms with van der Waals surface area (Å²) < 4.78 is 0. The molecule has 1 N–H and O–H groups in total. The predicted molar refractivity (Wildman–Crippen MR) is 68.5 cm³/mol. The molecule has 0 aromatic carbocycles. The van der Waals surface area contributed by atoms with Gasteiger partial charge in [-0.25, -0.2) is 0 Å². The fraction of sp³-hybridized carbons (Fsp3) is 1.00. The number of aliphatic hydroxyl groups excluding tert-OH is 1. The monoisotopic (exact) mass is 228 g/mol. The molecule has 1 saturated heterocycles. The predicted octanol–water partition coefficient (Wildman–Crippen LogP) is 1.28. The average Bonchev–Trinajstić information content (AvgIpc) is 2.45. The van der Waals surface area contributed by atoms with Crippen LogP contribution in [0.1, 0.15) is 27.7 Å². The maximum atomic E-state index is 9.74. The molecule has 0 aromatic heterocycles. The van der Waals surface area contributed by atoms with Gasteiger partial charge >= 0.3 is 0 Å². The lowest BCUT2D eigenvalue weighted by atomic mass is 9.87. The van der Waals surface area contributed by atoms with Crippen molar-refractivity contribution in [2.75, 3.05) is 33.7 Å². The van der Waals surface area contributed by atoms with Crippen molar-refractivity contribution >= 4 is 0 Å². The number of likely N-dealkylation sites (tertiary alicyclic amines) is 1. The minimum Gasteiger partial charge on any atom is -0.393 e. The highest BCUT2D eigenvalue weighted by molar-refractivity contribution is 4.89. The summed E-state index contributed by atoms with van der Waals surface area (Å²) in [6, 6.07) is 0.657. The fourth-order valence-corrected chi connectivity index (χ4v) is 2.56. The van der Waals surface area contributed by atoms with E-state index in [4.69, 9.17) is 0 Å². The smallest absolute Gasteiger partial charge is 0.0575 e. The van der Waals surface area contributed by atoms with Crippen molar-refractivity contribution in [2.45, 2.75) is 39.8 Å². The molecule has 3 unspecified atom stereocenters. The molecule has 3 nitrogen and oxygen atoms in total. The maximum Gasteiger partial charge on any atom is 0.0575 e. The number of rotatable bonds is 4. The Morgan fingerprint density at radius 3 is 2.31 bits per heavy atom. The Morgan fingerprint density at radius 1 is 1.38 bits per heavy atom. The van der Waals surface area contributed by atoms with Crippen LogP contribution >= 0.6 is 0 Å². The number of likely N-dealkylation sites (N-methyl/N-ethyl adjacent to an activating group) is 1. The van der Waals surface area contributed by atoms with E-state index in [1.54, 1.807) is 0 Å². The van der Waals surface area contributed by atoms with Crippen LogP contribution in [0.2, 0.25) is 0 Å². The Kier molecular flexibility index (Phi) is 4.38. The van der Waals surface area contributed by atoms with Crippen molar-refractivity contribution in [3.63, 3.8) is 0 Å². The highest BCUT2D eigenvalue weighted by atomic mass is 16.3. The largest absolute Gasteiger partial charge is 0.393 e. The van der Waals surface area contributed by atoms with Crippen LogP contribution in [-0.4, -0.2) is 60.8 Å². The highest BCUT2D eigenvalue weighted by Crippen LogP contribution is 2.27. The molecule has 1 aliphatic heterocycles. The normalized spacial score (nSPS) is 30.0. The summed E-state index contributed by atoms with van der Waals surface area (Å²) in [7, 11) is 4.31. The van der Waals surface area contributed by atoms with Crippen molar-refractivity contribution in [1.29, 1.82) is 0 Å². The zero-order chi connectivity index (χ0) is 12.5. The lowest BCUT2D eigenvalue weighted by Gasteiger charge is -2.33. The molecule has 1 heterocycles.